The van der Waals surface area contributed by atoms with Crippen LogP contribution in [0.15, 0.2) is 0 Å². The summed E-state index contributed by atoms with van der Waals surface area (Å²) in [6.07, 6.45) is -0.0666. The van der Waals surface area contributed by atoms with Gasteiger partial charge in [0.2, 0.25) is 0 Å². The molecule has 0 saturated heterocycles. The topological polar surface area (TPSA) is 69.7 Å². The minimum absolute atomic E-state index is 0.193. The molecule has 0 radical (unpaired) electrons. The normalized spacial score (nSPS) is 15.8. The maximum atomic E-state index is 9.16. The molecule has 0 amide bonds. The van der Waals surface area contributed by atoms with E-state index in [1.807, 2.05) is 18.9 Å². The van der Waals surface area contributed by atoms with Crippen molar-refractivity contribution in [2.45, 2.75) is 25.5 Å². The Labute approximate surface area is 84.3 Å². The summed E-state index contributed by atoms with van der Waals surface area (Å²) in [5.41, 5.74) is 5.39. The third-order valence-corrected chi connectivity index (χ3v) is 2.13. The lowest BCUT2D eigenvalue weighted by Crippen LogP contribution is -2.39. The van der Waals surface area contributed by atoms with Gasteiger partial charge in [0.05, 0.1) is 17.7 Å². The van der Waals surface area contributed by atoms with Gasteiger partial charge in [-0.2, -0.15) is 0 Å². The zero-order chi connectivity index (χ0) is 10.4. The van der Waals surface area contributed by atoms with Crippen LogP contribution in [0.3, 0.4) is 0 Å². The molecule has 4 nitrogen and oxygen atoms in total. The maximum Gasteiger partial charge on any atom is 0.0897 e. The van der Waals surface area contributed by atoms with Crippen LogP contribution in [-0.2, 0) is 0 Å². The van der Waals surface area contributed by atoms with Crippen molar-refractivity contribution in [1.29, 1.82) is 0 Å². The van der Waals surface area contributed by atoms with E-state index in [1.54, 1.807) is 0 Å². The van der Waals surface area contributed by atoms with E-state index in [-0.39, 0.29) is 12.6 Å². The lowest BCUT2D eigenvalue weighted by molar-refractivity contribution is 0.0576. The van der Waals surface area contributed by atoms with E-state index in [0.29, 0.717) is 18.0 Å². The van der Waals surface area contributed by atoms with Gasteiger partial charge >= 0.3 is 0 Å². The molecule has 0 aliphatic heterocycles. The summed E-state index contributed by atoms with van der Waals surface area (Å²) in [5.74, 6) is 0. The molecule has 0 aromatic heterocycles. The summed E-state index contributed by atoms with van der Waals surface area (Å²) in [7, 11) is 1.86. The molecule has 0 saturated carbocycles. The van der Waals surface area contributed by atoms with Crippen LogP contribution in [0.25, 0.3) is 0 Å². The third kappa shape index (κ3) is 5.93. The van der Waals surface area contributed by atoms with Crippen molar-refractivity contribution in [3.8, 4) is 0 Å². The molecule has 4 N–H and O–H groups in total. The Hall–Kier alpha value is -0.230. The minimum Gasteiger partial charge on any atom is -0.394 e. The van der Waals surface area contributed by atoms with Crippen LogP contribution in [0.2, 0.25) is 0 Å². The number of rotatable bonds is 6. The number of thiocarbonyl (C=S) groups is 1. The van der Waals surface area contributed by atoms with E-state index in [2.05, 4.69) is 0 Å². The van der Waals surface area contributed by atoms with Crippen molar-refractivity contribution >= 4 is 17.2 Å². The lowest BCUT2D eigenvalue weighted by atomic mass is 10.2. The second kappa shape index (κ2) is 6.26. The van der Waals surface area contributed by atoms with Crippen molar-refractivity contribution in [2.24, 2.45) is 5.73 Å². The van der Waals surface area contributed by atoms with Crippen molar-refractivity contribution in [3.05, 3.63) is 0 Å². The number of nitrogens with zero attached hydrogens (tertiary/aromatic N) is 1. The van der Waals surface area contributed by atoms with Gasteiger partial charge in [0.15, 0.2) is 0 Å². The van der Waals surface area contributed by atoms with Crippen LogP contribution in [0, 0.1) is 0 Å². The predicted octanol–water partition coefficient (Wildman–Crippen LogP) is -0.664. The van der Waals surface area contributed by atoms with Crippen LogP contribution in [0.5, 0.6) is 0 Å². The van der Waals surface area contributed by atoms with Gasteiger partial charge in [-0.1, -0.05) is 12.2 Å². The molecular weight excluding hydrogens is 188 g/mol. The minimum atomic E-state index is -0.696. The third-order valence-electron chi connectivity index (χ3n) is 1.96. The number of nitrogens with two attached hydrogens (primary N) is 1. The number of aliphatic hydroxyl groups is 2. The Morgan fingerprint density at radius 1 is 1.62 bits per heavy atom. The van der Waals surface area contributed by atoms with Gasteiger partial charge in [0, 0.05) is 19.0 Å². The van der Waals surface area contributed by atoms with Crippen molar-refractivity contribution in [2.75, 3.05) is 20.2 Å². The molecule has 0 heterocycles. The predicted molar refractivity (Wildman–Crippen MR) is 56.6 cm³/mol. The summed E-state index contributed by atoms with van der Waals surface area (Å²) in [4.78, 5) is 2.39. The van der Waals surface area contributed by atoms with Crippen LogP contribution in [0.1, 0.15) is 13.3 Å². The van der Waals surface area contributed by atoms with E-state index in [4.69, 9.17) is 28.2 Å². The molecule has 0 rings (SSSR count). The smallest absolute Gasteiger partial charge is 0.0897 e. The largest absolute Gasteiger partial charge is 0.394 e. The fraction of sp³-hybridized carbons (Fsp3) is 0.875. The lowest BCUT2D eigenvalue weighted by Gasteiger charge is -2.25. The molecule has 0 bridgehead atoms. The first-order chi connectivity index (χ1) is 5.97. The van der Waals surface area contributed by atoms with Gasteiger partial charge in [0.25, 0.3) is 0 Å². The van der Waals surface area contributed by atoms with E-state index < -0.39 is 6.10 Å². The molecule has 0 aromatic carbocycles. The molecule has 2 atom stereocenters. The molecule has 5 heteroatoms. The van der Waals surface area contributed by atoms with Crippen molar-refractivity contribution in [1.82, 2.24) is 4.90 Å². The Bertz CT molecular complexity index is 166. The highest BCUT2D eigenvalue weighted by Gasteiger charge is 2.13. The number of hydrogen-bond donors (Lipinski definition) is 3. The molecule has 0 aromatic rings. The Balaban J connectivity index is 3.81. The molecule has 0 spiro atoms. The summed E-state index contributed by atoms with van der Waals surface area (Å²) in [6, 6.07) is 0.193. The average Bonchev–Trinajstić information content (AvgIpc) is 2.02. The summed E-state index contributed by atoms with van der Waals surface area (Å²) >= 11 is 4.77. The molecule has 13 heavy (non-hydrogen) atoms. The summed E-state index contributed by atoms with van der Waals surface area (Å²) in [6.45, 7) is 2.19. The SMILES string of the molecule is CC(CC(N)=S)N(C)CC(O)CO. The maximum absolute atomic E-state index is 9.16. The molecule has 78 valence electrons. The average molecular weight is 206 g/mol. The summed E-state index contributed by atoms with van der Waals surface area (Å²) < 4.78 is 0. The number of likely N-dealkylation sites (N-methyl/N-ethyl adjacent to an activating group) is 1. The first-order valence-electron chi connectivity index (χ1n) is 4.24. The van der Waals surface area contributed by atoms with Gasteiger partial charge < -0.3 is 20.8 Å². The highest BCUT2D eigenvalue weighted by atomic mass is 32.1. The van der Waals surface area contributed by atoms with Crippen molar-refractivity contribution in [3.63, 3.8) is 0 Å². The van der Waals surface area contributed by atoms with Gasteiger partial charge in [-0.05, 0) is 14.0 Å². The van der Waals surface area contributed by atoms with Gasteiger partial charge in [-0.3, -0.25) is 0 Å². The van der Waals surface area contributed by atoms with E-state index in [0.717, 1.165) is 0 Å². The van der Waals surface area contributed by atoms with Crippen molar-refractivity contribution < 1.29 is 10.2 Å². The van der Waals surface area contributed by atoms with Gasteiger partial charge in [-0.15, -0.1) is 0 Å². The van der Waals surface area contributed by atoms with Crippen LogP contribution in [0.4, 0.5) is 0 Å². The molecule has 0 aliphatic carbocycles. The molecule has 0 aliphatic rings. The standard InChI is InChI=1S/C8H18N2O2S/c1-6(3-8(9)13)10(2)4-7(12)5-11/h6-7,11-12H,3-5H2,1-2H3,(H2,9,13). The zero-order valence-corrected chi connectivity index (χ0v) is 8.92. The van der Waals surface area contributed by atoms with E-state index in [1.165, 1.54) is 0 Å². The van der Waals surface area contributed by atoms with Gasteiger partial charge in [-0.25, -0.2) is 0 Å². The van der Waals surface area contributed by atoms with Crippen LogP contribution >= 0.6 is 12.2 Å². The first kappa shape index (κ1) is 12.8. The fourth-order valence-electron chi connectivity index (χ4n) is 1.02. The number of aliphatic hydroxyl groups excluding tert-OH is 2. The Morgan fingerprint density at radius 2 is 2.15 bits per heavy atom. The second-order valence-corrected chi connectivity index (χ2v) is 3.82. The Morgan fingerprint density at radius 3 is 2.54 bits per heavy atom. The molecular formula is C8H18N2O2S. The highest BCUT2D eigenvalue weighted by Crippen LogP contribution is 2.01. The zero-order valence-electron chi connectivity index (χ0n) is 8.10. The van der Waals surface area contributed by atoms with Crippen LogP contribution < -0.4 is 5.73 Å². The van der Waals surface area contributed by atoms with Crippen LogP contribution in [-0.4, -0.2) is 52.4 Å². The molecule has 0 fully saturated rings. The van der Waals surface area contributed by atoms with Gasteiger partial charge in [0.1, 0.15) is 0 Å². The van der Waals surface area contributed by atoms with E-state index in [9.17, 15) is 0 Å². The quantitative estimate of drug-likeness (QED) is 0.503. The highest BCUT2D eigenvalue weighted by molar-refractivity contribution is 7.80. The fourth-order valence-corrected chi connectivity index (χ4v) is 1.26. The molecule has 2 unspecified atom stereocenters. The second-order valence-electron chi connectivity index (χ2n) is 3.30. The van der Waals surface area contributed by atoms with E-state index >= 15 is 0 Å². The summed E-state index contributed by atoms with van der Waals surface area (Å²) in [5, 5.41) is 17.8. The Kier molecular flexibility index (Phi) is 6.15. The first-order valence-corrected chi connectivity index (χ1v) is 4.65. The number of hydrogen-bond acceptors (Lipinski definition) is 4. The monoisotopic (exact) mass is 206 g/mol.